The summed E-state index contributed by atoms with van der Waals surface area (Å²) in [5.41, 5.74) is 1.79. The predicted molar refractivity (Wildman–Crippen MR) is 69.7 cm³/mol. The van der Waals surface area contributed by atoms with Crippen LogP contribution in [0.1, 0.15) is 25.2 Å². The van der Waals surface area contributed by atoms with Crippen LogP contribution in [0, 0.1) is 31.1 Å². The Labute approximate surface area is 111 Å². The van der Waals surface area contributed by atoms with E-state index in [1.807, 2.05) is 13.8 Å². The molecule has 2 unspecified atom stereocenters. The number of aryl methyl sites for hydroxylation is 2. The molecule has 1 saturated carbocycles. The first-order valence-corrected chi connectivity index (χ1v) is 6.21. The largest absolute Gasteiger partial charge is 0.481 e. The highest BCUT2D eigenvalue weighted by Gasteiger charge is 2.65. The van der Waals surface area contributed by atoms with Crippen LogP contribution in [0.25, 0.3) is 0 Å². The number of carbonyl (C=O) groups excluding carboxylic acids is 1. The van der Waals surface area contributed by atoms with E-state index in [9.17, 15) is 9.59 Å². The maximum Gasteiger partial charge on any atom is 0.307 e. The number of anilines is 1. The van der Waals surface area contributed by atoms with Crippen molar-refractivity contribution in [3.63, 3.8) is 0 Å². The van der Waals surface area contributed by atoms with E-state index < -0.39 is 23.2 Å². The van der Waals surface area contributed by atoms with Crippen LogP contribution in [-0.4, -0.2) is 26.8 Å². The van der Waals surface area contributed by atoms with E-state index in [2.05, 4.69) is 10.4 Å². The van der Waals surface area contributed by atoms with Gasteiger partial charge in [0.05, 0.1) is 28.9 Å². The van der Waals surface area contributed by atoms with Crippen molar-refractivity contribution in [3.05, 3.63) is 11.4 Å². The number of aliphatic carboxylic acids is 1. The summed E-state index contributed by atoms with van der Waals surface area (Å²) < 4.78 is 1.69. The highest BCUT2D eigenvalue weighted by molar-refractivity contribution is 6.00. The van der Waals surface area contributed by atoms with Gasteiger partial charge in [0.15, 0.2) is 0 Å². The van der Waals surface area contributed by atoms with Crippen molar-refractivity contribution in [3.8, 4) is 0 Å². The molecule has 6 heteroatoms. The number of aromatic nitrogens is 2. The third-order valence-corrected chi connectivity index (χ3v) is 4.13. The minimum Gasteiger partial charge on any atom is -0.481 e. The van der Waals surface area contributed by atoms with E-state index in [1.165, 1.54) is 0 Å². The number of carbonyl (C=O) groups is 2. The molecule has 19 heavy (non-hydrogen) atoms. The molecule has 1 aromatic rings. The lowest BCUT2D eigenvalue weighted by Crippen LogP contribution is -2.18. The van der Waals surface area contributed by atoms with E-state index in [4.69, 9.17) is 5.11 Å². The Balaban J connectivity index is 2.17. The Morgan fingerprint density at radius 1 is 1.32 bits per heavy atom. The van der Waals surface area contributed by atoms with Crippen molar-refractivity contribution in [2.45, 2.75) is 27.7 Å². The van der Waals surface area contributed by atoms with Crippen LogP contribution in [-0.2, 0) is 16.6 Å². The van der Waals surface area contributed by atoms with Gasteiger partial charge in [-0.15, -0.1) is 0 Å². The lowest BCUT2D eigenvalue weighted by Gasteiger charge is -2.06. The smallest absolute Gasteiger partial charge is 0.307 e. The Hall–Kier alpha value is -1.85. The molecule has 2 atom stereocenters. The van der Waals surface area contributed by atoms with Crippen molar-refractivity contribution < 1.29 is 14.7 Å². The third kappa shape index (κ3) is 2.01. The fourth-order valence-corrected chi connectivity index (χ4v) is 2.74. The van der Waals surface area contributed by atoms with Gasteiger partial charge >= 0.3 is 5.97 Å². The van der Waals surface area contributed by atoms with Crippen LogP contribution in [0.2, 0.25) is 0 Å². The van der Waals surface area contributed by atoms with E-state index in [-0.39, 0.29) is 5.91 Å². The molecule has 2 rings (SSSR count). The van der Waals surface area contributed by atoms with Gasteiger partial charge in [0, 0.05) is 7.05 Å². The predicted octanol–water partition coefficient (Wildman–Crippen LogP) is 1.33. The van der Waals surface area contributed by atoms with Crippen molar-refractivity contribution in [2.24, 2.45) is 24.3 Å². The van der Waals surface area contributed by atoms with Gasteiger partial charge in [-0.05, 0) is 19.3 Å². The lowest BCUT2D eigenvalue weighted by molar-refractivity contribution is -0.140. The summed E-state index contributed by atoms with van der Waals surface area (Å²) in [4.78, 5) is 23.3. The summed E-state index contributed by atoms with van der Waals surface area (Å²) in [6, 6.07) is 0. The zero-order valence-corrected chi connectivity index (χ0v) is 11.8. The second-order valence-corrected chi connectivity index (χ2v) is 5.77. The van der Waals surface area contributed by atoms with E-state index in [0.29, 0.717) is 5.69 Å². The summed E-state index contributed by atoms with van der Waals surface area (Å²) in [7, 11) is 1.80. The minimum atomic E-state index is -0.912. The molecule has 1 fully saturated rings. The lowest BCUT2D eigenvalue weighted by atomic mass is 10.1. The average molecular weight is 265 g/mol. The minimum absolute atomic E-state index is 0.239. The van der Waals surface area contributed by atoms with Gasteiger partial charge in [-0.1, -0.05) is 13.8 Å². The maximum atomic E-state index is 12.2. The van der Waals surface area contributed by atoms with Crippen LogP contribution >= 0.6 is 0 Å². The second kappa shape index (κ2) is 4.08. The van der Waals surface area contributed by atoms with E-state index in [0.717, 1.165) is 11.4 Å². The topological polar surface area (TPSA) is 84.2 Å². The molecule has 104 valence electrons. The molecule has 1 aliphatic rings. The first kappa shape index (κ1) is 13.6. The van der Waals surface area contributed by atoms with Gasteiger partial charge in [0.2, 0.25) is 5.91 Å². The summed E-state index contributed by atoms with van der Waals surface area (Å²) in [6.07, 6.45) is 0. The summed E-state index contributed by atoms with van der Waals surface area (Å²) in [6.45, 7) is 7.29. The molecule has 1 aliphatic carbocycles. The molecule has 0 aromatic carbocycles. The normalized spacial score (nSPS) is 24.1. The third-order valence-electron chi connectivity index (χ3n) is 4.13. The number of hydrogen-bond donors (Lipinski definition) is 2. The van der Waals surface area contributed by atoms with Gasteiger partial charge in [0.25, 0.3) is 0 Å². The molecule has 6 nitrogen and oxygen atoms in total. The summed E-state index contributed by atoms with van der Waals surface area (Å²) >= 11 is 0. The first-order valence-electron chi connectivity index (χ1n) is 6.21. The number of nitrogens with zero attached hydrogens (tertiary/aromatic N) is 2. The molecular weight excluding hydrogens is 246 g/mol. The standard InChI is InChI=1S/C13H19N3O3/c1-6-10(7(2)16(5)15-6)14-11(17)8-9(12(18)19)13(8,3)4/h8-9H,1-5H3,(H,14,17)(H,18,19). The molecule has 1 heterocycles. The van der Waals surface area contributed by atoms with Crippen molar-refractivity contribution >= 4 is 17.6 Å². The van der Waals surface area contributed by atoms with Crippen LogP contribution in [0.3, 0.4) is 0 Å². The Morgan fingerprint density at radius 3 is 2.26 bits per heavy atom. The summed E-state index contributed by atoms with van der Waals surface area (Å²) in [5.74, 6) is -2.24. The van der Waals surface area contributed by atoms with Gasteiger partial charge in [-0.25, -0.2) is 0 Å². The SMILES string of the molecule is Cc1nn(C)c(C)c1NC(=O)C1C(C(=O)O)C1(C)C. The van der Waals surface area contributed by atoms with Crippen molar-refractivity contribution in [1.29, 1.82) is 0 Å². The van der Waals surface area contributed by atoms with Gasteiger partial charge in [-0.2, -0.15) is 5.10 Å². The fraction of sp³-hybridized carbons (Fsp3) is 0.615. The number of nitrogens with one attached hydrogen (secondary N) is 1. The molecule has 2 N–H and O–H groups in total. The zero-order valence-electron chi connectivity index (χ0n) is 11.8. The molecule has 0 spiro atoms. The van der Waals surface area contributed by atoms with Crippen LogP contribution in [0.5, 0.6) is 0 Å². The number of amides is 1. The summed E-state index contributed by atoms with van der Waals surface area (Å²) in [5, 5.41) is 16.1. The fourth-order valence-electron chi connectivity index (χ4n) is 2.74. The van der Waals surface area contributed by atoms with E-state index >= 15 is 0 Å². The molecule has 0 saturated heterocycles. The molecule has 0 aliphatic heterocycles. The number of carboxylic acid groups (broad SMARTS) is 1. The molecule has 0 bridgehead atoms. The number of carboxylic acids is 1. The van der Waals surface area contributed by atoms with Gasteiger partial charge in [0.1, 0.15) is 0 Å². The van der Waals surface area contributed by atoms with Crippen molar-refractivity contribution in [2.75, 3.05) is 5.32 Å². The van der Waals surface area contributed by atoms with Crippen LogP contribution in [0.4, 0.5) is 5.69 Å². The average Bonchev–Trinajstić information content (AvgIpc) is 2.79. The molecular formula is C13H19N3O3. The Bertz CT molecular complexity index is 560. The van der Waals surface area contributed by atoms with Crippen LogP contribution < -0.4 is 5.32 Å². The number of rotatable bonds is 3. The maximum absolute atomic E-state index is 12.2. The second-order valence-electron chi connectivity index (χ2n) is 5.77. The zero-order chi connectivity index (χ0) is 14.5. The van der Waals surface area contributed by atoms with E-state index in [1.54, 1.807) is 25.6 Å². The Kier molecular flexibility index (Phi) is 2.91. The first-order chi connectivity index (χ1) is 8.67. The molecule has 0 radical (unpaired) electrons. The van der Waals surface area contributed by atoms with Gasteiger partial charge in [-0.3, -0.25) is 14.3 Å². The molecule has 1 amide bonds. The van der Waals surface area contributed by atoms with Crippen LogP contribution in [0.15, 0.2) is 0 Å². The molecule has 1 aromatic heterocycles. The quantitative estimate of drug-likeness (QED) is 0.863. The van der Waals surface area contributed by atoms with Crippen molar-refractivity contribution in [1.82, 2.24) is 9.78 Å². The highest BCUT2D eigenvalue weighted by Crippen LogP contribution is 2.58. The van der Waals surface area contributed by atoms with Gasteiger partial charge < -0.3 is 10.4 Å². The highest BCUT2D eigenvalue weighted by atomic mass is 16.4. The number of hydrogen-bond acceptors (Lipinski definition) is 3. The Morgan fingerprint density at radius 2 is 1.89 bits per heavy atom. The monoisotopic (exact) mass is 265 g/mol.